The Bertz CT molecular complexity index is 774. The Hall–Kier alpha value is -1.58. The van der Waals surface area contributed by atoms with Crippen molar-refractivity contribution < 1.29 is 18.3 Å². The maximum absolute atomic E-state index is 14.6. The lowest BCUT2D eigenvalue weighted by Crippen LogP contribution is -2.32. The van der Waals surface area contributed by atoms with Gasteiger partial charge in [0.15, 0.2) is 11.6 Å². The summed E-state index contributed by atoms with van der Waals surface area (Å²) in [6, 6.07) is 3.34. The summed E-state index contributed by atoms with van der Waals surface area (Å²) in [6.45, 7) is 4.35. The lowest BCUT2D eigenvalue weighted by Gasteiger charge is -2.40. The topological polar surface area (TPSA) is 18.5 Å². The Morgan fingerprint density at radius 2 is 1.50 bits per heavy atom. The van der Waals surface area contributed by atoms with Crippen LogP contribution >= 0.6 is 0 Å². The van der Waals surface area contributed by atoms with E-state index in [4.69, 9.17) is 9.47 Å². The Morgan fingerprint density at radius 3 is 2.09 bits per heavy atom. The van der Waals surface area contributed by atoms with Gasteiger partial charge in [0, 0.05) is 0 Å². The summed E-state index contributed by atoms with van der Waals surface area (Å²) in [5.74, 6) is 0.874. The third-order valence-corrected chi connectivity index (χ3v) is 8.33. The van der Waals surface area contributed by atoms with Gasteiger partial charge in [-0.2, -0.15) is 4.39 Å². The van der Waals surface area contributed by atoms with E-state index >= 15 is 0 Å². The third-order valence-electron chi connectivity index (χ3n) is 8.33. The van der Waals surface area contributed by atoms with E-state index in [9.17, 15) is 8.78 Å². The Kier molecular flexibility index (Phi) is 8.12. The molecule has 1 aromatic rings. The van der Waals surface area contributed by atoms with Gasteiger partial charge >= 0.3 is 0 Å². The average molecular weight is 447 g/mol. The summed E-state index contributed by atoms with van der Waals surface area (Å²) in [5.41, 5.74) is 2.02. The summed E-state index contributed by atoms with van der Waals surface area (Å²) in [7, 11) is 0. The SMILES string of the molecule is CCCC1=COC(C2CCC(C3CCC(c4ccc(OCC)c(F)c4F)CC3)CC2)CC1. The fourth-order valence-electron chi connectivity index (χ4n) is 6.51. The molecular weight excluding hydrogens is 406 g/mol. The molecule has 2 fully saturated rings. The molecule has 0 N–H and O–H groups in total. The zero-order valence-corrected chi connectivity index (χ0v) is 19.9. The smallest absolute Gasteiger partial charge is 0.200 e. The third kappa shape index (κ3) is 5.31. The van der Waals surface area contributed by atoms with Crippen LogP contribution in [-0.4, -0.2) is 12.7 Å². The Labute approximate surface area is 192 Å². The normalized spacial score (nSPS) is 31.0. The predicted octanol–water partition coefficient (Wildman–Crippen LogP) is 8.31. The lowest BCUT2D eigenvalue weighted by atomic mass is 9.67. The molecule has 0 aromatic heterocycles. The number of hydrogen-bond donors (Lipinski definition) is 0. The van der Waals surface area contributed by atoms with E-state index < -0.39 is 11.6 Å². The molecule has 178 valence electrons. The molecule has 3 aliphatic rings. The summed E-state index contributed by atoms with van der Waals surface area (Å²) in [6.07, 6.45) is 16.6. The van der Waals surface area contributed by atoms with Crippen LogP contribution in [0.15, 0.2) is 24.0 Å². The fourth-order valence-corrected chi connectivity index (χ4v) is 6.51. The monoisotopic (exact) mass is 446 g/mol. The molecule has 0 saturated heterocycles. The zero-order valence-electron chi connectivity index (χ0n) is 19.9. The molecular formula is C28H40F2O2. The highest BCUT2D eigenvalue weighted by molar-refractivity contribution is 5.33. The fraction of sp³-hybridized carbons (Fsp3) is 0.714. The van der Waals surface area contributed by atoms with Crippen molar-refractivity contribution in [2.24, 2.45) is 17.8 Å². The molecule has 1 heterocycles. The lowest BCUT2D eigenvalue weighted by molar-refractivity contribution is 0.0305. The Morgan fingerprint density at radius 1 is 0.844 bits per heavy atom. The molecule has 32 heavy (non-hydrogen) atoms. The van der Waals surface area contributed by atoms with Gasteiger partial charge in [0.25, 0.3) is 0 Å². The second kappa shape index (κ2) is 11.0. The first-order valence-electron chi connectivity index (χ1n) is 13.0. The first kappa shape index (κ1) is 23.6. The van der Waals surface area contributed by atoms with Crippen LogP contribution in [-0.2, 0) is 4.74 Å². The molecule has 1 unspecified atom stereocenters. The van der Waals surface area contributed by atoms with E-state index in [1.807, 2.05) is 0 Å². The summed E-state index contributed by atoms with van der Waals surface area (Å²) in [4.78, 5) is 0. The van der Waals surface area contributed by atoms with Crippen molar-refractivity contribution in [1.82, 2.24) is 0 Å². The van der Waals surface area contributed by atoms with Crippen molar-refractivity contribution in [2.45, 2.75) is 103 Å². The molecule has 0 bridgehead atoms. The molecule has 2 nitrogen and oxygen atoms in total. The van der Waals surface area contributed by atoms with Crippen LogP contribution in [0.5, 0.6) is 5.75 Å². The number of rotatable bonds is 7. The van der Waals surface area contributed by atoms with Gasteiger partial charge in [0.1, 0.15) is 6.10 Å². The van der Waals surface area contributed by atoms with Gasteiger partial charge in [0.2, 0.25) is 5.82 Å². The van der Waals surface area contributed by atoms with Crippen LogP contribution in [0, 0.1) is 29.4 Å². The minimum Gasteiger partial charge on any atom is -0.498 e. The van der Waals surface area contributed by atoms with Crippen LogP contribution in [0.1, 0.15) is 102 Å². The highest BCUT2D eigenvalue weighted by Crippen LogP contribution is 2.46. The highest BCUT2D eigenvalue weighted by Gasteiger charge is 2.35. The summed E-state index contributed by atoms with van der Waals surface area (Å²) < 4.78 is 40.3. The highest BCUT2D eigenvalue weighted by atomic mass is 19.2. The van der Waals surface area contributed by atoms with Gasteiger partial charge in [-0.05, 0) is 118 Å². The van der Waals surface area contributed by atoms with E-state index in [0.717, 1.165) is 37.5 Å². The van der Waals surface area contributed by atoms with Gasteiger partial charge in [-0.1, -0.05) is 19.4 Å². The molecule has 4 rings (SSSR count). The minimum absolute atomic E-state index is 0.0261. The molecule has 1 aliphatic heterocycles. The van der Waals surface area contributed by atoms with Crippen molar-refractivity contribution in [3.63, 3.8) is 0 Å². The quantitative estimate of drug-likeness (QED) is 0.419. The van der Waals surface area contributed by atoms with Crippen molar-refractivity contribution in [3.05, 3.63) is 41.2 Å². The van der Waals surface area contributed by atoms with Crippen LogP contribution in [0.25, 0.3) is 0 Å². The zero-order chi connectivity index (χ0) is 22.5. The van der Waals surface area contributed by atoms with E-state index in [0.29, 0.717) is 24.2 Å². The summed E-state index contributed by atoms with van der Waals surface area (Å²) in [5, 5.41) is 0. The van der Waals surface area contributed by atoms with Crippen LogP contribution in [0.3, 0.4) is 0 Å². The Balaban J connectivity index is 1.25. The van der Waals surface area contributed by atoms with Crippen molar-refractivity contribution in [2.75, 3.05) is 6.61 Å². The molecule has 0 spiro atoms. The van der Waals surface area contributed by atoms with Gasteiger partial charge in [0.05, 0.1) is 12.9 Å². The predicted molar refractivity (Wildman–Crippen MR) is 125 cm³/mol. The number of benzene rings is 1. The van der Waals surface area contributed by atoms with Crippen molar-refractivity contribution in [3.8, 4) is 5.75 Å². The molecule has 0 radical (unpaired) electrons. The molecule has 0 amide bonds. The number of hydrogen-bond acceptors (Lipinski definition) is 2. The van der Waals surface area contributed by atoms with E-state index in [1.165, 1.54) is 56.9 Å². The number of allylic oxidation sites excluding steroid dienone is 1. The van der Waals surface area contributed by atoms with Gasteiger partial charge in [-0.25, -0.2) is 4.39 Å². The average Bonchev–Trinajstić information content (AvgIpc) is 2.83. The van der Waals surface area contributed by atoms with E-state index in [-0.39, 0.29) is 11.7 Å². The van der Waals surface area contributed by atoms with Crippen molar-refractivity contribution >= 4 is 0 Å². The number of halogens is 2. The van der Waals surface area contributed by atoms with E-state index in [2.05, 4.69) is 13.2 Å². The number of ether oxygens (including phenoxy) is 2. The standard InChI is InChI=1S/C28H40F2O2/c1-3-5-19-6-16-25(32-18-19)23-13-9-21(10-14-23)20-7-11-22(12-8-20)24-15-17-26(31-4-2)28(30)27(24)29/h15,17-18,20-23,25H,3-14,16H2,1-2H3. The maximum atomic E-state index is 14.6. The van der Waals surface area contributed by atoms with Gasteiger partial charge in [-0.15, -0.1) is 0 Å². The maximum Gasteiger partial charge on any atom is 0.200 e. The van der Waals surface area contributed by atoms with Crippen LogP contribution in [0.2, 0.25) is 0 Å². The first-order chi connectivity index (χ1) is 15.6. The minimum atomic E-state index is -0.827. The molecule has 1 aromatic carbocycles. The molecule has 2 saturated carbocycles. The second-order valence-electron chi connectivity index (χ2n) is 10.2. The van der Waals surface area contributed by atoms with Crippen molar-refractivity contribution in [1.29, 1.82) is 0 Å². The molecule has 2 aliphatic carbocycles. The molecule has 1 atom stereocenters. The van der Waals surface area contributed by atoms with Gasteiger partial charge < -0.3 is 9.47 Å². The molecule has 4 heteroatoms. The van der Waals surface area contributed by atoms with Gasteiger partial charge in [-0.3, -0.25) is 0 Å². The van der Waals surface area contributed by atoms with Crippen LogP contribution in [0.4, 0.5) is 8.78 Å². The largest absolute Gasteiger partial charge is 0.498 e. The second-order valence-corrected chi connectivity index (χ2v) is 10.2. The summed E-state index contributed by atoms with van der Waals surface area (Å²) >= 11 is 0. The first-order valence-corrected chi connectivity index (χ1v) is 13.0. The van der Waals surface area contributed by atoms with Crippen LogP contribution < -0.4 is 4.74 Å². The van der Waals surface area contributed by atoms with E-state index in [1.54, 1.807) is 19.1 Å².